The van der Waals surface area contributed by atoms with Crippen LogP contribution in [0.5, 0.6) is 0 Å². The second-order valence-corrected chi connectivity index (χ2v) is 9.30. The molecule has 0 fully saturated rings. The van der Waals surface area contributed by atoms with E-state index in [9.17, 15) is 0 Å². The van der Waals surface area contributed by atoms with E-state index in [0.717, 1.165) is 0 Å². The van der Waals surface area contributed by atoms with Gasteiger partial charge in [-0.3, -0.25) is 0 Å². The maximum Gasteiger partial charge on any atom is 0.0869 e. The van der Waals surface area contributed by atoms with Gasteiger partial charge in [-0.25, -0.2) is 0 Å². The van der Waals surface area contributed by atoms with Gasteiger partial charge >= 0.3 is 0 Å². The molecule has 0 bridgehead atoms. The summed E-state index contributed by atoms with van der Waals surface area (Å²) in [5, 5.41) is 5.26. The zero-order valence-corrected chi connectivity index (χ0v) is 18.6. The van der Waals surface area contributed by atoms with Gasteiger partial charge in [0.25, 0.3) is 0 Å². The summed E-state index contributed by atoms with van der Waals surface area (Å²) in [5.41, 5.74) is 10.7. The Morgan fingerprint density at radius 2 is 0.824 bits per heavy atom. The smallest absolute Gasteiger partial charge is 0.0869 e. The van der Waals surface area contributed by atoms with Gasteiger partial charge in [0.1, 0.15) is 0 Å². The van der Waals surface area contributed by atoms with Crippen molar-refractivity contribution in [2.24, 2.45) is 0 Å². The molecule has 2 aliphatic rings. The van der Waals surface area contributed by atoms with Crippen LogP contribution in [-0.4, -0.2) is 0 Å². The van der Waals surface area contributed by atoms with Crippen LogP contribution in [0.2, 0.25) is 0 Å². The first-order chi connectivity index (χ1) is 16.9. The lowest BCUT2D eigenvalue weighted by Gasteiger charge is -2.46. The molecule has 0 radical (unpaired) electrons. The largest absolute Gasteiger partial charge is 0.329 e. The summed E-state index contributed by atoms with van der Waals surface area (Å²) in [6.07, 6.45) is 0. The summed E-state index contributed by atoms with van der Waals surface area (Å²) in [7, 11) is 0. The Kier molecular flexibility index (Phi) is 3.51. The van der Waals surface area contributed by atoms with Crippen LogP contribution >= 0.6 is 0 Å². The van der Waals surface area contributed by atoms with E-state index < -0.39 is 0 Å². The van der Waals surface area contributed by atoms with Crippen LogP contribution in [0.1, 0.15) is 17.2 Å². The number of anilines is 2. The van der Waals surface area contributed by atoms with Crippen molar-refractivity contribution in [3.8, 4) is 22.3 Å². The summed E-state index contributed by atoms with van der Waals surface area (Å²) in [4.78, 5) is 2.59. The summed E-state index contributed by atoms with van der Waals surface area (Å²) in [6, 6.07) is 44.8. The lowest BCUT2D eigenvalue weighted by molar-refractivity contribution is 0.816. The average molecular weight is 432 g/mol. The van der Waals surface area contributed by atoms with Crippen molar-refractivity contribution in [1.29, 1.82) is 0 Å². The highest BCUT2D eigenvalue weighted by atomic mass is 15.2. The molecule has 0 saturated carbocycles. The quantitative estimate of drug-likeness (QED) is 0.232. The third kappa shape index (κ3) is 2.24. The SMILES string of the molecule is c1ccc2c(c1)-c1ccc3ccccc3c1C1c3c(ccc4ccccc34)-c3ccccc3N21. The first-order valence-corrected chi connectivity index (χ1v) is 11.9. The third-order valence-electron chi connectivity index (χ3n) is 7.65. The average Bonchev–Trinajstić information content (AvgIpc) is 2.92. The molecule has 0 unspecified atom stereocenters. The first-order valence-electron chi connectivity index (χ1n) is 11.9. The van der Waals surface area contributed by atoms with Gasteiger partial charge < -0.3 is 4.90 Å². The van der Waals surface area contributed by atoms with Gasteiger partial charge in [0.05, 0.1) is 6.04 Å². The van der Waals surface area contributed by atoms with Crippen molar-refractivity contribution in [2.45, 2.75) is 6.04 Å². The van der Waals surface area contributed by atoms with Crippen LogP contribution in [0.15, 0.2) is 121 Å². The topological polar surface area (TPSA) is 3.24 Å². The maximum absolute atomic E-state index is 2.59. The molecule has 6 aromatic rings. The van der Waals surface area contributed by atoms with E-state index in [-0.39, 0.29) is 6.04 Å². The minimum Gasteiger partial charge on any atom is -0.329 e. The standard InChI is InChI=1S/C33H21N/c1-3-11-23-21(9-1)17-19-27-25-13-5-7-15-29(25)34-30-16-8-6-14-26(30)28-20-18-22-10-2-4-12-24(22)32(28)33(34)31(23)27/h1-20,33H. The number of benzene rings is 6. The van der Waals surface area contributed by atoms with Crippen molar-refractivity contribution in [3.63, 3.8) is 0 Å². The summed E-state index contributed by atoms with van der Waals surface area (Å²) < 4.78 is 0. The molecule has 1 heteroatoms. The molecule has 34 heavy (non-hydrogen) atoms. The Morgan fingerprint density at radius 3 is 1.35 bits per heavy atom. The van der Waals surface area contributed by atoms with E-state index in [1.165, 1.54) is 66.3 Å². The molecule has 0 aliphatic carbocycles. The molecule has 2 heterocycles. The second kappa shape index (κ2) is 6.59. The molecule has 0 N–H and O–H groups in total. The minimum atomic E-state index is 0.104. The summed E-state index contributed by atoms with van der Waals surface area (Å²) in [6.45, 7) is 0. The number of fused-ring (bicyclic) bond motifs is 15. The predicted octanol–water partition coefficient (Wildman–Crippen LogP) is 8.88. The van der Waals surface area contributed by atoms with Gasteiger partial charge in [-0.05, 0) is 55.9 Å². The van der Waals surface area contributed by atoms with Crippen LogP contribution in [-0.2, 0) is 0 Å². The number of hydrogen-bond acceptors (Lipinski definition) is 1. The van der Waals surface area contributed by atoms with Gasteiger partial charge in [-0.1, -0.05) is 109 Å². The summed E-state index contributed by atoms with van der Waals surface area (Å²) >= 11 is 0. The van der Waals surface area contributed by atoms with E-state index in [0.29, 0.717) is 0 Å². The van der Waals surface area contributed by atoms with Crippen molar-refractivity contribution in [2.75, 3.05) is 4.90 Å². The molecular formula is C33H21N. The Morgan fingerprint density at radius 1 is 0.382 bits per heavy atom. The fraction of sp³-hybridized carbons (Fsp3) is 0.0303. The van der Waals surface area contributed by atoms with Crippen LogP contribution < -0.4 is 4.90 Å². The lowest BCUT2D eigenvalue weighted by Crippen LogP contribution is -2.32. The van der Waals surface area contributed by atoms with Crippen LogP contribution in [0.3, 0.4) is 0 Å². The van der Waals surface area contributed by atoms with Crippen molar-refractivity contribution in [1.82, 2.24) is 0 Å². The molecule has 0 aromatic heterocycles. The fourth-order valence-corrected chi connectivity index (χ4v) is 6.28. The number of nitrogens with zero attached hydrogens (tertiary/aromatic N) is 1. The van der Waals surface area contributed by atoms with Gasteiger partial charge in [0, 0.05) is 22.5 Å². The van der Waals surface area contributed by atoms with Gasteiger partial charge in [-0.15, -0.1) is 0 Å². The Balaban J connectivity index is 1.62. The van der Waals surface area contributed by atoms with E-state index >= 15 is 0 Å². The molecule has 2 aliphatic heterocycles. The number of para-hydroxylation sites is 2. The zero-order chi connectivity index (χ0) is 22.2. The highest BCUT2D eigenvalue weighted by Gasteiger charge is 2.40. The van der Waals surface area contributed by atoms with Gasteiger partial charge in [0.15, 0.2) is 0 Å². The van der Waals surface area contributed by atoms with Crippen LogP contribution in [0, 0.1) is 0 Å². The molecule has 0 spiro atoms. The second-order valence-electron chi connectivity index (χ2n) is 9.30. The Bertz CT molecular complexity index is 1650. The normalized spacial score (nSPS) is 13.7. The van der Waals surface area contributed by atoms with Gasteiger partial charge in [-0.2, -0.15) is 0 Å². The van der Waals surface area contributed by atoms with Crippen molar-refractivity contribution >= 4 is 32.9 Å². The molecule has 6 aromatic carbocycles. The highest BCUT2D eigenvalue weighted by molar-refractivity contribution is 6.06. The summed E-state index contributed by atoms with van der Waals surface area (Å²) in [5.74, 6) is 0. The molecule has 0 amide bonds. The van der Waals surface area contributed by atoms with E-state index in [2.05, 4.69) is 126 Å². The van der Waals surface area contributed by atoms with Crippen LogP contribution in [0.25, 0.3) is 43.8 Å². The van der Waals surface area contributed by atoms with Crippen molar-refractivity contribution < 1.29 is 0 Å². The Hall–Kier alpha value is -4.36. The molecule has 158 valence electrons. The minimum absolute atomic E-state index is 0.104. The predicted molar refractivity (Wildman–Crippen MR) is 143 cm³/mol. The van der Waals surface area contributed by atoms with E-state index in [1.807, 2.05) is 0 Å². The lowest BCUT2D eigenvalue weighted by atomic mass is 9.75. The molecule has 0 atom stereocenters. The maximum atomic E-state index is 2.59. The zero-order valence-electron chi connectivity index (χ0n) is 18.6. The fourth-order valence-electron chi connectivity index (χ4n) is 6.28. The van der Waals surface area contributed by atoms with E-state index in [1.54, 1.807) is 0 Å². The third-order valence-corrected chi connectivity index (χ3v) is 7.65. The van der Waals surface area contributed by atoms with Crippen molar-refractivity contribution in [3.05, 3.63) is 132 Å². The molecule has 0 saturated heterocycles. The van der Waals surface area contributed by atoms with E-state index in [4.69, 9.17) is 0 Å². The molecular weight excluding hydrogens is 410 g/mol. The number of rotatable bonds is 0. The highest BCUT2D eigenvalue weighted by Crippen LogP contribution is 2.59. The first kappa shape index (κ1) is 18.1. The molecule has 1 nitrogen and oxygen atoms in total. The number of hydrogen-bond donors (Lipinski definition) is 0. The molecule has 8 rings (SSSR count). The Labute approximate surface area is 198 Å². The monoisotopic (exact) mass is 431 g/mol. The van der Waals surface area contributed by atoms with Crippen LogP contribution in [0.4, 0.5) is 11.4 Å². The van der Waals surface area contributed by atoms with Gasteiger partial charge in [0.2, 0.25) is 0 Å².